The molecule has 4 rings (SSSR count). The van der Waals surface area contributed by atoms with Gasteiger partial charge in [-0.15, -0.1) is 0 Å². The fourth-order valence-corrected chi connectivity index (χ4v) is 4.34. The summed E-state index contributed by atoms with van der Waals surface area (Å²) in [5.41, 5.74) is 8.57. The number of hydrogen-bond donors (Lipinski definition) is 1. The number of halogens is 2. The van der Waals surface area contributed by atoms with E-state index in [-0.39, 0.29) is 12.5 Å². The van der Waals surface area contributed by atoms with E-state index >= 15 is 0 Å². The second-order valence-electron chi connectivity index (χ2n) is 8.36. The molecule has 3 aromatic carbocycles. The lowest BCUT2D eigenvalue weighted by Crippen LogP contribution is -2.36. The third-order valence-electron chi connectivity index (χ3n) is 6.04. The number of nitrogens with zero attached hydrogens (tertiary/aromatic N) is 3. The van der Waals surface area contributed by atoms with Crippen molar-refractivity contribution in [1.82, 2.24) is 0 Å². The second kappa shape index (κ2) is 9.51. The maximum Gasteiger partial charge on any atom is 0.319 e. The van der Waals surface area contributed by atoms with E-state index in [1.807, 2.05) is 31.3 Å². The predicted octanol–water partition coefficient (Wildman–Crippen LogP) is 4.85. The lowest BCUT2D eigenvalue weighted by Gasteiger charge is -2.25. The Kier molecular flexibility index (Phi) is 6.49. The zero-order valence-electron chi connectivity index (χ0n) is 19.1. The van der Waals surface area contributed by atoms with Gasteiger partial charge in [0.1, 0.15) is 17.3 Å². The van der Waals surface area contributed by atoms with Crippen LogP contribution in [0, 0.1) is 18.6 Å². The summed E-state index contributed by atoms with van der Waals surface area (Å²) in [5, 5.41) is 0. The molecule has 0 saturated carbocycles. The maximum absolute atomic E-state index is 14.3. The van der Waals surface area contributed by atoms with Gasteiger partial charge < -0.3 is 15.5 Å². The van der Waals surface area contributed by atoms with Crippen molar-refractivity contribution in [3.63, 3.8) is 0 Å². The van der Waals surface area contributed by atoms with Crippen LogP contribution < -0.4 is 20.4 Å². The molecule has 0 aromatic heterocycles. The molecular formula is C26H26F2N4O2. The highest BCUT2D eigenvalue weighted by atomic mass is 19.1. The Morgan fingerprint density at radius 3 is 2.29 bits per heavy atom. The predicted molar refractivity (Wildman–Crippen MR) is 129 cm³/mol. The molecule has 0 atom stereocenters. The number of carbonyl (C=O) groups excluding carboxylic acids is 2. The van der Waals surface area contributed by atoms with E-state index in [0.29, 0.717) is 23.2 Å². The van der Waals surface area contributed by atoms with E-state index < -0.39 is 23.4 Å². The highest BCUT2D eigenvalue weighted by Crippen LogP contribution is 2.33. The van der Waals surface area contributed by atoms with Crippen LogP contribution in [0.4, 0.5) is 30.6 Å². The van der Waals surface area contributed by atoms with Crippen LogP contribution in [0.5, 0.6) is 0 Å². The number of primary amides is 1. The van der Waals surface area contributed by atoms with Crippen LogP contribution in [-0.4, -0.2) is 32.1 Å². The first-order valence-corrected chi connectivity index (χ1v) is 11.0. The van der Waals surface area contributed by atoms with Crippen molar-refractivity contribution in [1.29, 1.82) is 0 Å². The van der Waals surface area contributed by atoms with Gasteiger partial charge in [0, 0.05) is 25.7 Å². The molecule has 176 valence electrons. The van der Waals surface area contributed by atoms with Crippen molar-refractivity contribution >= 4 is 29.0 Å². The SMILES string of the molecule is Cc1cc(CN(C(N)=O)c2c(F)cccc2F)ccc1C(=O)N1CCCN(C)c2ccccc21. The van der Waals surface area contributed by atoms with Gasteiger partial charge in [-0.1, -0.05) is 30.3 Å². The fourth-order valence-electron chi connectivity index (χ4n) is 4.34. The number of urea groups is 1. The van der Waals surface area contributed by atoms with Gasteiger partial charge in [-0.3, -0.25) is 9.69 Å². The normalized spacial score (nSPS) is 13.3. The molecule has 0 spiro atoms. The number of rotatable bonds is 4. The van der Waals surface area contributed by atoms with Crippen molar-refractivity contribution in [3.05, 3.63) is 89.0 Å². The number of anilines is 3. The summed E-state index contributed by atoms with van der Waals surface area (Å²) < 4.78 is 28.5. The van der Waals surface area contributed by atoms with Crippen LogP contribution in [0.25, 0.3) is 0 Å². The van der Waals surface area contributed by atoms with E-state index in [1.165, 1.54) is 6.07 Å². The Hall–Kier alpha value is -3.94. The highest BCUT2D eigenvalue weighted by Gasteiger charge is 2.26. The summed E-state index contributed by atoms with van der Waals surface area (Å²) in [6, 6.07) is 15.3. The molecule has 3 amide bonds. The zero-order valence-corrected chi connectivity index (χ0v) is 19.1. The number of fused-ring (bicyclic) bond motifs is 1. The van der Waals surface area contributed by atoms with Gasteiger partial charge in [-0.05, 0) is 54.8 Å². The first kappa shape index (κ1) is 23.2. The van der Waals surface area contributed by atoms with Gasteiger partial charge in [-0.25, -0.2) is 13.6 Å². The fraction of sp³-hybridized carbons (Fsp3) is 0.231. The summed E-state index contributed by atoms with van der Waals surface area (Å²) in [5.74, 6) is -1.89. The van der Waals surface area contributed by atoms with Crippen LogP contribution in [0.15, 0.2) is 60.7 Å². The molecule has 0 unspecified atom stereocenters. The number of aryl methyl sites for hydroxylation is 1. The molecule has 1 heterocycles. The molecule has 0 saturated heterocycles. The molecule has 0 aliphatic carbocycles. The lowest BCUT2D eigenvalue weighted by molar-refractivity contribution is 0.0986. The summed E-state index contributed by atoms with van der Waals surface area (Å²) in [6.45, 7) is 3.09. The van der Waals surface area contributed by atoms with Crippen LogP contribution in [0.1, 0.15) is 27.9 Å². The largest absolute Gasteiger partial charge is 0.373 e. The topological polar surface area (TPSA) is 69.9 Å². The molecule has 0 bridgehead atoms. The lowest BCUT2D eigenvalue weighted by atomic mass is 10.0. The number of hydrogen-bond acceptors (Lipinski definition) is 3. The minimum atomic E-state index is -0.980. The van der Waals surface area contributed by atoms with E-state index in [2.05, 4.69) is 4.90 Å². The molecule has 2 N–H and O–H groups in total. The molecule has 1 aliphatic heterocycles. The van der Waals surface area contributed by atoms with Crippen molar-refractivity contribution in [2.75, 3.05) is 34.8 Å². The molecule has 1 aliphatic rings. The van der Waals surface area contributed by atoms with Gasteiger partial charge >= 0.3 is 6.03 Å². The zero-order chi connectivity index (χ0) is 24.4. The van der Waals surface area contributed by atoms with Crippen LogP contribution in [0.2, 0.25) is 0 Å². The van der Waals surface area contributed by atoms with Crippen molar-refractivity contribution in [2.45, 2.75) is 19.9 Å². The molecule has 6 nitrogen and oxygen atoms in total. The summed E-state index contributed by atoms with van der Waals surface area (Å²) in [7, 11) is 2.01. The van der Waals surface area contributed by atoms with Gasteiger partial charge in [0.2, 0.25) is 0 Å². The molecule has 3 aromatic rings. The average Bonchev–Trinajstić information content (AvgIpc) is 2.97. The Bertz CT molecular complexity index is 1230. The molecule has 0 radical (unpaired) electrons. The second-order valence-corrected chi connectivity index (χ2v) is 8.36. The molecule has 0 fully saturated rings. The number of benzene rings is 3. The van der Waals surface area contributed by atoms with Crippen LogP contribution in [-0.2, 0) is 6.54 Å². The van der Waals surface area contributed by atoms with Crippen molar-refractivity contribution < 1.29 is 18.4 Å². The van der Waals surface area contributed by atoms with E-state index in [1.54, 1.807) is 30.0 Å². The number of para-hydroxylation sites is 3. The van der Waals surface area contributed by atoms with Gasteiger partial charge in [0.25, 0.3) is 5.91 Å². The third kappa shape index (κ3) is 4.44. The number of amides is 3. The Balaban J connectivity index is 1.63. The quantitative estimate of drug-likeness (QED) is 0.600. The molecule has 34 heavy (non-hydrogen) atoms. The highest BCUT2D eigenvalue weighted by molar-refractivity contribution is 6.08. The molecule has 8 heteroatoms. The minimum absolute atomic E-state index is 0.126. The third-order valence-corrected chi connectivity index (χ3v) is 6.04. The van der Waals surface area contributed by atoms with Gasteiger partial charge in [0.15, 0.2) is 0 Å². The maximum atomic E-state index is 14.3. The van der Waals surface area contributed by atoms with E-state index in [9.17, 15) is 18.4 Å². The summed E-state index contributed by atoms with van der Waals surface area (Å²) >= 11 is 0. The van der Waals surface area contributed by atoms with E-state index in [0.717, 1.165) is 41.4 Å². The van der Waals surface area contributed by atoms with Crippen molar-refractivity contribution in [3.8, 4) is 0 Å². The average molecular weight is 465 g/mol. The summed E-state index contributed by atoms with van der Waals surface area (Å²) in [4.78, 5) is 30.3. The first-order valence-electron chi connectivity index (χ1n) is 11.0. The van der Waals surface area contributed by atoms with E-state index in [4.69, 9.17) is 5.73 Å². The Morgan fingerprint density at radius 1 is 0.971 bits per heavy atom. The molecular weight excluding hydrogens is 438 g/mol. The van der Waals surface area contributed by atoms with Gasteiger partial charge in [0.05, 0.1) is 17.9 Å². The number of nitrogens with two attached hydrogens (primary N) is 1. The smallest absolute Gasteiger partial charge is 0.319 e. The Labute approximate surface area is 197 Å². The monoisotopic (exact) mass is 464 g/mol. The van der Waals surface area contributed by atoms with Crippen LogP contribution in [0.3, 0.4) is 0 Å². The summed E-state index contributed by atoms with van der Waals surface area (Å²) in [6.07, 6.45) is 0.829. The van der Waals surface area contributed by atoms with Crippen LogP contribution >= 0.6 is 0 Å². The van der Waals surface area contributed by atoms with Gasteiger partial charge in [-0.2, -0.15) is 0 Å². The standard InChI is InChI=1S/C26H26F2N4O2/c1-17-15-18(16-32(26(29)34)24-20(27)7-5-8-21(24)28)11-12-19(17)25(33)31-14-6-13-30(2)22-9-3-4-10-23(22)31/h3-5,7-12,15H,6,13-14,16H2,1-2H3,(H2,29,34). The number of carbonyl (C=O) groups is 2. The Morgan fingerprint density at radius 2 is 1.65 bits per heavy atom. The minimum Gasteiger partial charge on any atom is -0.373 e. The first-order chi connectivity index (χ1) is 16.3. The van der Waals surface area contributed by atoms with Crippen molar-refractivity contribution in [2.24, 2.45) is 5.73 Å².